The monoisotopic (exact) mass is 337 g/mol. The van der Waals surface area contributed by atoms with E-state index in [0.29, 0.717) is 30.6 Å². The maximum Gasteiger partial charge on any atom is 0.245 e. The summed E-state index contributed by atoms with van der Waals surface area (Å²) in [6.45, 7) is 1.95. The number of rotatable bonds is 6. The van der Waals surface area contributed by atoms with Crippen LogP contribution in [0, 0.1) is 0 Å². The topological polar surface area (TPSA) is 86.0 Å². The predicted molar refractivity (Wildman–Crippen MR) is 91.1 cm³/mol. The van der Waals surface area contributed by atoms with Crippen molar-refractivity contribution in [3.63, 3.8) is 0 Å². The maximum atomic E-state index is 5.42. The third-order valence-electron chi connectivity index (χ3n) is 4.17. The molecule has 2 aromatic heterocycles. The zero-order chi connectivity index (χ0) is 16.9. The fourth-order valence-corrected chi connectivity index (χ4v) is 2.84. The number of nitrogens with one attached hydrogen (secondary N) is 1. The highest BCUT2D eigenvalue weighted by molar-refractivity contribution is 5.36. The van der Waals surface area contributed by atoms with Gasteiger partial charge in [-0.05, 0) is 12.0 Å². The summed E-state index contributed by atoms with van der Waals surface area (Å²) in [5, 5.41) is 7.24. The van der Waals surface area contributed by atoms with Crippen LogP contribution in [0.15, 0.2) is 47.2 Å². The molecule has 7 nitrogen and oxygen atoms in total. The number of hydrogen-bond acceptors (Lipinski definition) is 7. The van der Waals surface area contributed by atoms with Gasteiger partial charge in [0.05, 0.1) is 18.8 Å². The molecule has 7 heteroatoms. The molecule has 1 fully saturated rings. The van der Waals surface area contributed by atoms with Crippen molar-refractivity contribution in [2.45, 2.75) is 25.3 Å². The van der Waals surface area contributed by atoms with E-state index in [1.165, 1.54) is 0 Å². The second kappa shape index (κ2) is 7.40. The van der Waals surface area contributed by atoms with E-state index in [9.17, 15) is 0 Å². The Morgan fingerprint density at radius 1 is 1.16 bits per heavy atom. The van der Waals surface area contributed by atoms with Crippen molar-refractivity contribution in [2.24, 2.45) is 0 Å². The second-order valence-electron chi connectivity index (χ2n) is 6.01. The van der Waals surface area contributed by atoms with E-state index in [4.69, 9.17) is 9.26 Å². The van der Waals surface area contributed by atoms with Crippen molar-refractivity contribution < 1.29 is 9.26 Å². The lowest BCUT2D eigenvalue weighted by Gasteiger charge is -2.08. The van der Waals surface area contributed by atoms with E-state index in [2.05, 4.69) is 25.4 Å². The minimum absolute atomic E-state index is 0.351. The van der Waals surface area contributed by atoms with Gasteiger partial charge in [0.2, 0.25) is 5.89 Å². The van der Waals surface area contributed by atoms with Gasteiger partial charge in [0.15, 0.2) is 5.82 Å². The number of hydrogen-bond donors (Lipinski definition) is 1. The van der Waals surface area contributed by atoms with E-state index in [0.717, 1.165) is 36.7 Å². The zero-order valence-corrected chi connectivity index (χ0v) is 13.8. The maximum absolute atomic E-state index is 5.42. The quantitative estimate of drug-likeness (QED) is 0.740. The molecule has 1 aliphatic heterocycles. The Morgan fingerprint density at radius 3 is 2.92 bits per heavy atom. The van der Waals surface area contributed by atoms with Crippen LogP contribution in [0.5, 0.6) is 0 Å². The first kappa shape index (κ1) is 15.7. The van der Waals surface area contributed by atoms with Gasteiger partial charge in [0.25, 0.3) is 0 Å². The fourth-order valence-electron chi connectivity index (χ4n) is 2.84. The highest BCUT2D eigenvalue weighted by Gasteiger charge is 2.19. The highest BCUT2D eigenvalue weighted by Crippen LogP contribution is 2.24. The Labute approximate surface area is 145 Å². The van der Waals surface area contributed by atoms with Crippen molar-refractivity contribution in [3.8, 4) is 0 Å². The van der Waals surface area contributed by atoms with Crippen molar-refractivity contribution in [1.82, 2.24) is 20.1 Å². The highest BCUT2D eigenvalue weighted by atomic mass is 16.5. The van der Waals surface area contributed by atoms with Crippen LogP contribution >= 0.6 is 0 Å². The molecule has 128 valence electrons. The van der Waals surface area contributed by atoms with Gasteiger partial charge in [-0.15, -0.1) is 0 Å². The van der Waals surface area contributed by atoms with Crippen molar-refractivity contribution in [3.05, 3.63) is 65.7 Å². The minimum atomic E-state index is 0.351. The predicted octanol–water partition coefficient (Wildman–Crippen LogP) is 2.57. The fraction of sp³-hybridized carbons (Fsp3) is 0.333. The van der Waals surface area contributed by atoms with Crippen molar-refractivity contribution in [2.75, 3.05) is 18.5 Å². The second-order valence-corrected chi connectivity index (χ2v) is 6.01. The number of anilines is 1. The minimum Gasteiger partial charge on any atom is -0.381 e. The van der Waals surface area contributed by atoms with Crippen molar-refractivity contribution >= 4 is 5.82 Å². The molecule has 25 heavy (non-hydrogen) atoms. The van der Waals surface area contributed by atoms with Crippen LogP contribution in [0.25, 0.3) is 0 Å². The zero-order valence-electron chi connectivity index (χ0n) is 13.8. The Morgan fingerprint density at radius 2 is 2.08 bits per heavy atom. The van der Waals surface area contributed by atoms with E-state index >= 15 is 0 Å². The van der Waals surface area contributed by atoms with E-state index < -0.39 is 0 Å². The number of aromatic nitrogens is 4. The van der Waals surface area contributed by atoms with Gasteiger partial charge in [-0.3, -0.25) is 0 Å². The summed E-state index contributed by atoms with van der Waals surface area (Å²) >= 11 is 0. The van der Waals surface area contributed by atoms with Gasteiger partial charge >= 0.3 is 0 Å². The lowest BCUT2D eigenvalue weighted by atomic mass is 10.1. The van der Waals surface area contributed by atoms with Crippen LogP contribution in [-0.2, 0) is 17.7 Å². The first-order chi connectivity index (χ1) is 12.4. The molecule has 4 rings (SSSR count). The molecule has 0 amide bonds. The Balaban J connectivity index is 1.36. The molecule has 0 radical (unpaired) electrons. The lowest BCUT2D eigenvalue weighted by Crippen LogP contribution is -2.06. The Hall–Kier alpha value is -2.80. The summed E-state index contributed by atoms with van der Waals surface area (Å²) in [6.07, 6.45) is 3.23. The average molecular weight is 337 g/mol. The van der Waals surface area contributed by atoms with Crippen molar-refractivity contribution in [1.29, 1.82) is 0 Å². The molecule has 1 aliphatic rings. The SMILES string of the molecule is c1ccc(Cc2noc(CNc3cc(C4CCOC4)ncn3)n2)cc1. The molecule has 1 atom stereocenters. The molecular weight excluding hydrogens is 318 g/mol. The molecule has 1 saturated heterocycles. The Bertz CT molecular complexity index is 815. The van der Waals surface area contributed by atoms with Gasteiger partial charge in [-0.1, -0.05) is 35.5 Å². The summed E-state index contributed by atoms with van der Waals surface area (Å²) in [5.41, 5.74) is 2.16. The Kier molecular flexibility index (Phi) is 4.65. The van der Waals surface area contributed by atoms with Gasteiger partial charge in [-0.2, -0.15) is 4.98 Å². The van der Waals surface area contributed by atoms with Gasteiger partial charge < -0.3 is 14.6 Å². The molecule has 0 saturated carbocycles. The van der Waals surface area contributed by atoms with Gasteiger partial charge in [0.1, 0.15) is 12.1 Å². The molecule has 0 spiro atoms. The number of ether oxygens (including phenoxy) is 1. The lowest BCUT2D eigenvalue weighted by molar-refractivity contribution is 0.193. The molecule has 1 unspecified atom stereocenters. The summed E-state index contributed by atoms with van der Waals surface area (Å²) in [4.78, 5) is 13.0. The average Bonchev–Trinajstić information content (AvgIpc) is 3.33. The summed E-state index contributed by atoms with van der Waals surface area (Å²) in [7, 11) is 0. The molecule has 1 aromatic carbocycles. The molecule has 1 N–H and O–H groups in total. The summed E-state index contributed by atoms with van der Waals surface area (Å²) in [5.74, 6) is 2.31. The standard InChI is InChI=1S/C18H19N5O2/c1-2-4-13(5-3-1)8-17-22-18(25-23-17)10-19-16-9-15(20-12-21-16)14-6-7-24-11-14/h1-5,9,12,14H,6-8,10-11H2,(H,19,20,21). The van der Waals surface area contributed by atoms with Crippen LogP contribution in [0.4, 0.5) is 5.82 Å². The van der Waals surface area contributed by atoms with Gasteiger partial charge in [0, 0.05) is 25.0 Å². The number of benzene rings is 1. The molecule has 0 aliphatic carbocycles. The summed E-state index contributed by atoms with van der Waals surface area (Å²) < 4.78 is 10.7. The molecule has 3 aromatic rings. The summed E-state index contributed by atoms with van der Waals surface area (Å²) in [6, 6.07) is 12.0. The van der Waals surface area contributed by atoms with Crippen LogP contribution in [0.3, 0.4) is 0 Å². The number of nitrogens with zero attached hydrogens (tertiary/aromatic N) is 4. The molecule has 3 heterocycles. The third-order valence-corrected chi connectivity index (χ3v) is 4.17. The largest absolute Gasteiger partial charge is 0.381 e. The third kappa shape index (κ3) is 4.00. The van der Waals surface area contributed by atoms with Crippen LogP contribution in [0.2, 0.25) is 0 Å². The van der Waals surface area contributed by atoms with Crippen LogP contribution in [0.1, 0.15) is 35.3 Å². The van der Waals surface area contributed by atoms with E-state index in [-0.39, 0.29) is 0 Å². The first-order valence-electron chi connectivity index (χ1n) is 8.36. The van der Waals surface area contributed by atoms with Crippen LogP contribution < -0.4 is 5.32 Å². The molecule has 0 bridgehead atoms. The van der Waals surface area contributed by atoms with E-state index in [1.54, 1.807) is 6.33 Å². The van der Waals surface area contributed by atoms with Gasteiger partial charge in [-0.25, -0.2) is 9.97 Å². The first-order valence-corrected chi connectivity index (χ1v) is 8.36. The molecular formula is C18H19N5O2. The van der Waals surface area contributed by atoms with E-state index in [1.807, 2.05) is 36.4 Å². The normalized spacial score (nSPS) is 16.9. The smallest absolute Gasteiger partial charge is 0.245 e. The van der Waals surface area contributed by atoms with Crippen LogP contribution in [-0.4, -0.2) is 33.3 Å².